The summed E-state index contributed by atoms with van der Waals surface area (Å²) in [6.07, 6.45) is 6.43. The lowest BCUT2D eigenvalue weighted by Gasteiger charge is -2.19. The summed E-state index contributed by atoms with van der Waals surface area (Å²) in [6.45, 7) is 0.942. The van der Waals surface area contributed by atoms with E-state index in [1.54, 1.807) is 6.20 Å². The molecule has 0 fully saturated rings. The molecule has 0 bridgehead atoms. The van der Waals surface area contributed by atoms with Gasteiger partial charge in [0.15, 0.2) is 0 Å². The number of aromatic amines is 2. The van der Waals surface area contributed by atoms with E-state index in [0.717, 1.165) is 0 Å². The zero-order chi connectivity index (χ0) is 21.2. The first-order valence-corrected chi connectivity index (χ1v) is 8.89. The maximum atomic E-state index is 12.4. The molecule has 2 aromatic heterocycles. The molecule has 0 spiro atoms. The van der Waals surface area contributed by atoms with Crippen molar-refractivity contribution in [3.8, 4) is 0 Å². The second-order valence-corrected chi connectivity index (χ2v) is 6.27. The number of imidazole rings is 2. The van der Waals surface area contributed by atoms with Crippen molar-refractivity contribution < 1.29 is 19.2 Å². The number of nitrogens with one attached hydrogen (secondary N) is 6. The Bertz CT molecular complexity index is 819. The number of hydrogen-bond acceptors (Lipinski definition) is 6. The quantitative estimate of drug-likeness (QED) is 0.261. The predicted octanol–water partition coefficient (Wildman–Crippen LogP) is -2.23. The first kappa shape index (κ1) is 21.6. The summed E-state index contributed by atoms with van der Waals surface area (Å²) in [7, 11) is 1.46. The number of carbonyl (C=O) groups is 4. The van der Waals surface area contributed by atoms with Crippen LogP contribution in [0, 0.1) is 0 Å². The van der Waals surface area contributed by atoms with Gasteiger partial charge in [-0.2, -0.15) is 0 Å². The van der Waals surface area contributed by atoms with E-state index < -0.39 is 23.9 Å². The fourth-order valence-corrected chi connectivity index (χ4v) is 2.61. The third-order valence-corrected chi connectivity index (χ3v) is 3.97. The highest BCUT2D eigenvalue weighted by atomic mass is 16.2. The van der Waals surface area contributed by atoms with Gasteiger partial charge in [0.05, 0.1) is 19.2 Å². The van der Waals surface area contributed by atoms with E-state index in [-0.39, 0.29) is 31.2 Å². The Kier molecular flexibility index (Phi) is 7.88. The first-order chi connectivity index (χ1) is 13.9. The molecule has 2 atom stereocenters. The third kappa shape index (κ3) is 7.08. The van der Waals surface area contributed by atoms with Crippen LogP contribution in [0.5, 0.6) is 0 Å². The van der Waals surface area contributed by atoms with Gasteiger partial charge in [0.2, 0.25) is 23.6 Å². The minimum Gasteiger partial charge on any atom is -0.357 e. The number of aromatic nitrogens is 4. The Hall–Kier alpha value is -3.70. The highest BCUT2D eigenvalue weighted by Gasteiger charge is 2.23. The number of amides is 4. The zero-order valence-corrected chi connectivity index (χ0v) is 16.1. The van der Waals surface area contributed by atoms with Crippen molar-refractivity contribution in [1.82, 2.24) is 41.2 Å². The molecule has 2 aromatic rings. The second kappa shape index (κ2) is 10.6. The fourth-order valence-electron chi connectivity index (χ4n) is 2.61. The van der Waals surface area contributed by atoms with Gasteiger partial charge in [-0.25, -0.2) is 9.97 Å². The largest absolute Gasteiger partial charge is 0.357 e. The molecule has 0 aliphatic carbocycles. The van der Waals surface area contributed by atoms with Gasteiger partial charge in [0.1, 0.15) is 12.1 Å². The molecule has 0 aliphatic heterocycles. The van der Waals surface area contributed by atoms with Crippen LogP contribution in [-0.4, -0.2) is 69.2 Å². The van der Waals surface area contributed by atoms with Crippen LogP contribution >= 0.6 is 0 Å². The van der Waals surface area contributed by atoms with Crippen molar-refractivity contribution in [3.05, 3.63) is 36.4 Å². The summed E-state index contributed by atoms with van der Waals surface area (Å²) in [4.78, 5) is 61.5. The van der Waals surface area contributed by atoms with Crippen molar-refractivity contribution >= 4 is 23.6 Å². The summed E-state index contributed by atoms with van der Waals surface area (Å²) in [5.41, 5.74) is 1.33. The molecule has 0 radical (unpaired) electrons. The number of nitrogens with zero attached hydrogens (tertiary/aromatic N) is 2. The molecule has 4 amide bonds. The molecule has 2 unspecified atom stereocenters. The second-order valence-electron chi connectivity index (χ2n) is 6.27. The van der Waals surface area contributed by atoms with Crippen LogP contribution in [0.25, 0.3) is 0 Å². The van der Waals surface area contributed by atoms with Crippen LogP contribution in [0.1, 0.15) is 18.3 Å². The Morgan fingerprint density at radius 1 is 0.931 bits per heavy atom. The molecule has 0 saturated heterocycles. The molecule has 2 heterocycles. The summed E-state index contributed by atoms with van der Waals surface area (Å²) >= 11 is 0. The molecule has 6 N–H and O–H groups in total. The van der Waals surface area contributed by atoms with Crippen molar-refractivity contribution in [2.24, 2.45) is 0 Å². The van der Waals surface area contributed by atoms with Gasteiger partial charge < -0.3 is 31.2 Å². The Balaban J connectivity index is 1.90. The molecular formula is C17H24N8O4. The zero-order valence-electron chi connectivity index (χ0n) is 16.1. The molecular weight excluding hydrogens is 380 g/mol. The fraction of sp³-hybridized carbons (Fsp3) is 0.412. The number of H-pyrrole nitrogens is 2. The topological polar surface area (TPSA) is 174 Å². The summed E-state index contributed by atoms with van der Waals surface area (Å²) in [5.74, 6) is -1.84. The normalized spacial score (nSPS) is 12.5. The van der Waals surface area contributed by atoms with Gasteiger partial charge in [-0.3, -0.25) is 19.2 Å². The first-order valence-electron chi connectivity index (χ1n) is 8.89. The van der Waals surface area contributed by atoms with Gasteiger partial charge in [0, 0.05) is 50.6 Å². The lowest BCUT2D eigenvalue weighted by atomic mass is 10.1. The van der Waals surface area contributed by atoms with Crippen LogP contribution in [0.2, 0.25) is 0 Å². The van der Waals surface area contributed by atoms with E-state index in [1.165, 1.54) is 32.8 Å². The summed E-state index contributed by atoms with van der Waals surface area (Å²) in [6, 6.07) is -1.71. The molecule has 2 rings (SSSR count). The van der Waals surface area contributed by atoms with Gasteiger partial charge in [-0.1, -0.05) is 0 Å². The maximum absolute atomic E-state index is 12.4. The van der Waals surface area contributed by atoms with Crippen LogP contribution < -0.4 is 21.3 Å². The standard InChI is InChI=1S/C17H24N8O4/c1-10(26)24-14(4-12-6-20-9-23-12)17(29)21-7-15(27)25-13(16(28)18-2)3-11-5-19-8-22-11/h5-6,8-9,13-14H,3-4,7H2,1-2H3,(H,18,28)(H,19,22)(H,20,23)(H,21,29)(H,24,26)(H,25,27). The van der Waals surface area contributed by atoms with Gasteiger partial charge in [-0.05, 0) is 0 Å². The third-order valence-electron chi connectivity index (χ3n) is 3.97. The average molecular weight is 404 g/mol. The van der Waals surface area contributed by atoms with Crippen LogP contribution in [-0.2, 0) is 32.0 Å². The van der Waals surface area contributed by atoms with E-state index in [9.17, 15) is 19.2 Å². The van der Waals surface area contributed by atoms with Crippen molar-refractivity contribution in [1.29, 1.82) is 0 Å². The monoisotopic (exact) mass is 404 g/mol. The average Bonchev–Trinajstić information content (AvgIpc) is 3.38. The molecule has 12 nitrogen and oxygen atoms in total. The number of carbonyl (C=O) groups excluding carboxylic acids is 4. The van der Waals surface area contributed by atoms with E-state index in [1.807, 2.05) is 0 Å². The number of rotatable bonds is 10. The smallest absolute Gasteiger partial charge is 0.243 e. The molecule has 0 saturated carbocycles. The van der Waals surface area contributed by atoms with Crippen LogP contribution in [0.3, 0.4) is 0 Å². The molecule has 12 heteroatoms. The van der Waals surface area contributed by atoms with Gasteiger partial charge >= 0.3 is 0 Å². The Morgan fingerprint density at radius 3 is 1.93 bits per heavy atom. The van der Waals surface area contributed by atoms with E-state index in [0.29, 0.717) is 11.4 Å². The van der Waals surface area contributed by atoms with Crippen LogP contribution in [0.15, 0.2) is 25.0 Å². The Morgan fingerprint density at radius 2 is 1.48 bits per heavy atom. The lowest BCUT2D eigenvalue weighted by molar-refractivity contribution is -0.131. The van der Waals surface area contributed by atoms with Crippen LogP contribution in [0.4, 0.5) is 0 Å². The van der Waals surface area contributed by atoms with Gasteiger partial charge in [-0.15, -0.1) is 0 Å². The highest BCUT2D eigenvalue weighted by molar-refractivity contribution is 5.92. The van der Waals surface area contributed by atoms with E-state index in [2.05, 4.69) is 41.2 Å². The van der Waals surface area contributed by atoms with E-state index >= 15 is 0 Å². The minimum absolute atomic E-state index is 0.188. The summed E-state index contributed by atoms with van der Waals surface area (Å²) in [5, 5.41) is 10.1. The Labute approximate surface area is 166 Å². The lowest BCUT2D eigenvalue weighted by Crippen LogP contribution is -2.52. The molecule has 0 aromatic carbocycles. The number of likely N-dealkylation sites (N-methyl/N-ethyl adjacent to an activating group) is 1. The minimum atomic E-state index is -0.875. The van der Waals surface area contributed by atoms with Crippen molar-refractivity contribution in [2.75, 3.05) is 13.6 Å². The predicted molar refractivity (Wildman–Crippen MR) is 101 cm³/mol. The number of hydrogen-bond donors (Lipinski definition) is 6. The highest BCUT2D eigenvalue weighted by Crippen LogP contribution is 2.00. The van der Waals surface area contributed by atoms with E-state index in [4.69, 9.17) is 0 Å². The molecule has 0 aliphatic rings. The SMILES string of the molecule is CNC(=O)C(Cc1cnc[nH]1)NC(=O)CNC(=O)C(Cc1cnc[nH]1)NC(C)=O. The van der Waals surface area contributed by atoms with Crippen molar-refractivity contribution in [2.45, 2.75) is 31.8 Å². The van der Waals surface area contributed by atoms with Crippen molar-refractivity contribution in [3.63, 3.8) is 0 Å². The maximum Gasteiger partial charge on any atom is 0.243 e. The van der Waals surface area contributed by atoms with Gasteiger partial charge in [0.25, 0.3) is 0 Å². The molecule has 29 heavy (non-hydrogen) atoms. The molecule has 156 valence electrons. The summed E-state index contributed by atoms with van der Waals surface area (Å²) < 4.78 is 0.